The first-order valence-corrected chi connectivity index (χ1v) is 15.5. The zero-order valence-electron chi connectivity index (χ0n) is 25.2. The number of rotatable bonds is 14. The lowest BCUT2D eigenvalue weighted by Crippen LogP contribution is -2.28. The highest BCUT2D eigenvalue weighted by Crippen LogP contribution is 2.23. The van der Waals surface area contributed by atoms with E-state index >= 15 is 0 Å². The first kappa shape index (κ1) is 28.4. The first-order chi connectivity index (χ1) is 21.2. The van der Waals surface area contributed by atoms with Gasteiger partial charge in [0.1, 0.15) is 24.4 Å². The van der Waals surface area contributed by atoms with Crippen LogP contribution in [0.15, 0.2) is 97.1 Å². The minimum absolute atomic E-state index is 0.681. The molecule has 0 aliphatic carbocycles. The Bertz CT molecular complexity index is 1610. The van der Waals surface area contributed by atoms with E-state index in [0.717, 1.165) is 67.3 Å². The highest BCUT2D eigenvalue weighted by Gasteiger charge is 2.13. The number of nitrogens with zero attached hydrogens (tertiary/aromatic N) is 8. The maximum atomic E-state index is 4.43. The Morgan fingerprint density at radius 1 is 0.535 bits per heavy atom. The van der Waals surface area contributed by atoms with Gasteiger partial charge in [-0.15, -0.1) is 10.2 Å². The monoisotopic (exact) mass is 572 g/mol. The molecule has 0 atom stereocenters. The summed E-state index contributed by atoms with van der Waals surface area (Å²) in [5.74, 6) is 0. The van der Waals surface area contributed by atoms with Crippen molar-refractivity contribution >= 4 is 33.4 Å². The second-order valence-electron chi connectivity index (χ2n) is 11.2. The molecule has 0 N–H and O–H groups in total. The molecule has 220 valence electrons. The molecule has 0 spiro atoms. The van der Waals surface area contributed by atoms with Crippen molar-refractivity contribution in [3.05, 3.63) is 108 Å². The average molecular weight is 573 g/mol. The number of fused-ring (bicyclic) bond motifs is 2. The maximum Gasteiger partial charge on any atom is 0.114 e. The van der Waals surface area contributed by atoms with Gasteiger partial charge in [0, 0.05) is 24.5 Å². The van der Waals surface area contributed by atoms with E-state index in [-0.39, 0.29) is 0 Å². The highest BCUT2D eigenvalue weighted by molar-refractivity contribution is 5.74. The lowest BCUT2D eigenvalue weighted by molar-refractivity contribution is 0.561. The van der Waals surface area contributed by atoms with Gasteiger partial charge in [0.15, 0.2) is 0 Å². The van der Waals surface area contributed by atoms with E-state index in [0.29, 0.717) is 13.3 Å². The lowest BCUT2D eigenvalue weighted by Gasteiger charge is -2.25. The molecule has 43 heavy (non-hydrogen) atoms. The van der Waals surface area contributed by atoms with Crippen molar-refractivity contribution in [1.29, 1.82) is 0 Å². The molecule has 8 nitrogen and oxygen atoms in total. The van der Waals surface area contributed by atoms with E-state index in [1.54, 1.807) is 0 Å². The molecule has 0 saturated heterocycles. The standard InChI is InChI=1S/C35H40N8/c1-3-5-23-40(26-42-34-13-9-7-11-32(34)36-38-42)30-19-15-28(16-20-30)25-29-17-21-31(22-18-29)41(24-6-4-2)27-43-35-14-10-8-12-33(35)37-39-43/h7-22H,3-6,23-27H2,1-2H3. The molecule has 2 aromatic heterocycles. The molecule has 0 bridgehead atoms. The summed E-state index contributed by atoms with van der Waals surface area (Å²) < 4.78 is 3.99. The highest BCUT2D eigenvalue weighted by atomic mass is 15.5. The van der Waals surface area contributed by atoms with E-state index in [9.17, 15) is 0 Å². The molecule has 4 aromatic carbocycles. The Balaban J connectivity index is 1.14. The molecular formula is C35H40N8. The van der Waals surface area contributed by atoms with Gasteiger partial charge in [0.25, 0.3) is 0 Å². The third kappa shape index (κ3) is 6.69. The Labute approximate surface area is 253 Å². The van der Waals surface area contributed by atoms with Crippen LogP contribution in [-0.2, 0) is 19.8 Å². The normalized spacial score (nSPS) is 11.4. The number of hydrogen-bond donors (Lipinski definition) is 0. The van der Waals surface area contributed by atoms with Crippen molar-refractivity contribution in [2.24, 2.45) is 0 Å². The van der Waals surface area contributed by atoms with E-state index in [2.05, 4.69) is 105 Å². The number of benzene rings is 4. The van der Waals surface area contributed by atoms with Gasteiger partial charge in [-0.25, -0.2) is 9.36 Å². The number of para-hydroxylation sites is 2. The predicted molar refractivity (Wildman–Crippen MR) is 175 cm³/mol. The van der Waals surface area contributed by atoms with Gasteiger partial charge in [-0.2, -0.15) is 0 Å². The van der Waals surface area contributed by atoms with Crippen LogP contribution in [0, 0.1) is 0 Å². The van der Waals surface area contributed by atoms with Crippen molar-refractivity contribution < 1.29 is 0 Å². The third-order valence-electron chi connectivity index (χ3n) is 8.02. The van der Waals surface area contributed by atoms with Crippen LogP contribution >= 0.6 is 0 Å². The van der Waals surface area contributed by atoms with Crippen LogP contribution in [0.1, 0.15) is 50.7 Å². The van der Waals surface area contributed by atoms with Gasteiger partial charge in [0.05, 0.1) is 11.0 Å². The molecule has 0 unspecified atom stereocenters. The summed E-state index contributed by atoms with van der Waals surface area (Å²) in [7, 11) is 0. The maximum absolute atomic E-state index is 4.43. The van der Waals surface area contributed by atoms with Crippen LogP contribution in [0.2, 0.25) is 0 Å². The molecule has 8 heteroatoms. The lowest BCUT2D eigenvalue weighted by atomic mass is 10.0. The molecule has 0 aliphatic rings. The topological polar surface area (TPSA) is 67.9 Å². The molecule has 0 amide bonds. The smallest absolute Gasteiger partial charge is 0.114 e. The van der Waals surface area contributed by atoms with Crippen LogP contribution in [0.4, 0.5) is 11.4 Å². The van der Waals surface area contributed by atoms with Gasteiger partial charge in [0.2, 0.25) is 0 Å². The summed E-state index contributed by atoms with van der Waals surface area (Å²) in [6.07, 6.45) is 5.44. The van der Waals surface area contributed by atoms with Crippen LogP contribution in [0.5, 0.6) is 0 Å². The summed E-state index contributed by atoms with van der Waals surface area (Å²) in [5, 5.41) is 17.5. The van der Waals surface area contributed by atoms with Crippen molar-refractivity contribution in [3.8, 4) is 0 Å². The van der Waals surface area contributed by atoms with Crippen LogP contribution in [0.3, 0.4) is 0 Å². The largest absolute Gasteiger partial charge is 0.352 e. The number of hydrogen-bond acceptors (Lipinski definition) is 6. The molecule has 0 aliphatic heterocycles. The summed E-state index contributed by atoms with van der Waals surface area (Å²) in [4.78, 5) is 4.79. The van der Waals surface area contributed by atoms with Crippen LogP contribution in [0.25, 0.3) is 22.1 Å². The van der Waals surface area contributed by atoms with Crippen molar-refractivity contribution in [1.82, 2.24) is 30.0 Å². The fourth-order valence-corrected chi connectivity index (χ4v) is 5.51. The van der Waals surface area contributed by atoms with Crippen LogP contribution < -0.4 is 9.80 Å². The molecule has 6 rings (SSSR count). The van der Waals surface area contributed by atoms with E-state index in [1.807, 2.05) is 45.8 Å². The summed E-state index contributed by atoms with van der Waals surface area (Å²) >= 11 is 0. The zero-order valence-corrected chi connectivity index (χ0v) is 25.2. The Hall–Kier alpha value is -4.72. The number of aromatic nitrogens is 6. The molecule has 0 fully saturated rings. The summed E-state index contributed by atoms with van der Waals surface area (Å²) in [5.41, 5.74) is 9.00. The van der Waals surface area contributed by atoms with Gasteiger partial charge < -0.3 is 9.80 Å². The minimum Gasteiger partial charge on any atom is -0.352 e. The van der Waals surface area contributed by atoms with E-state index < -0.39 is 0 Å². The van der Waals surface area contributed by atoms with E-state index in [4.69, 9.17) is 0 Å². The summed E-state index contributed by atoms with van der Waals surface area (Å²) in [6.45, 7) is 7.78. The number of anilines is 2. The Kier molecular flexibility index (Phi) is 8.92. The second kappa shape index (κ2) is 13.5. The predicted octanol–water partition coefficient (Wildman–Crippen LogP) is 7.30. The van der Waals surface area contributed by atoms with Gasteiger partial charge in [-0.3, -0.25) is 0 Å². The molecule has 6 aromatic rings. The Morgan fingerprint density at radius 2 is 0.953 bits per heavy atom. The summed E-state index contributed by atoms with van der Waals surface area (Å²) in [6, 6.07) is 34.3. The molecular weight excluding hydrogens is 532 g/mol. The molecule has 2 heterocycles. The SMILES string of the molecule is CCCCN(Cn1nnc2ccccc21)c1ccc(Cc2ccc(N(CCCC)Cn3nnc4ccccc43)cc2)cc1. The quantitative estimate of drug-likeness (QED) is 0.136. The first-order valence-electron chi connectivity index (χ1n) is 15.5. The molecule has 0 radical (unpaired) electrons. The van der Waals surface area contributed by atoms with E-state index in [1.165, 1.54) is 22.5 Å². The van der Waals surface area contributed by atoms with Crippen LogP contribution in [-0.4, -0.2) is 43.1 Å². The fourth-order valence-electron chi connectivity index (χ4n) is 5.51. The van der Waals surface area contributed by atoms with Gasteiger partial charge in [-0.1, -0.05) is 85.6 Å². The third-order valence-corrected chi connectivity index (χ3v) is 8.02. The van der Waals surface area contributed by atoms with Gasteiger partial charge >= 0.3 is 0 Å². The number of unbranched alkanes of at least 4 members (excludes halogenated alkanes) is 2. The van der Waals surface area contributed by atoms with Crippen molar-refractivity contribution in [3.63, 3.8) is 0 Å². The van der Waals surface area contributed by atoms with Crippen molar-refractivity contribution in [2.75, 3.05) is 22.9 Å². The zero-order chi connectivity index (χ0) is 29.4. The van der Waals surface area contributed by atoms with Gasteiger partial charge in [-0.05, 0) is 78.9 Å². The molecule has 0 saturated carbocycles. The Morgan fingerprint density at radius 3 is 1.37 bits per heavy atom. The van der Waals surface area contributed by atoms with Crippen molar-refractivity contribution in [2.45, 2.75) is 59.3 Å². The fraction of sp³-hybridized carbons (Fsp3) is 0.314. The second-order valence-corrected chi connectivity index (χ2v) is 11.2. The average Bonchev–Trinajstić information content (AvgIpc) is 3.66. The minimum atomic E-state index is 0.681.